The Balaban J connectivity index is 2.28. The third kappa shape index (κ3) is 3.98. The van der Waals surface area contributed by atoms with E-state index in [1.807, 2.05) is 11.4 Å². The summed E-state index contributed by atoms with van der Waals surface area (Å²) in [6.45, 7) is 0.206. The van der Waals surface area contributed by atoms with Gasteiger partial charge in [0.2, 0.25) is 10.0 Å². The molecule has 0 amide bonds. The maximum Gasteiger partial charge on any atom is 0.244 e. The summed E-state index contributed by atoms with van der Waals surface area (Å²) in [6, 6.07) is 4.77. The van der Waals surface area contributed by atoms with E-state index >= 15 is 0 Å². The Morgan fingerprint density at radius 2 is 2.05 bits per heavy atom. The number of hydrogen-bond donors (Lipinski definition) is 2. The van der Waals surface area contributed by atoms with E-state index in [9.17, 15) is 8.42 Å². The molecule has 0 atom stereocenters. The van der Waals surface area contributed by atoms with Gasteiger partial charge in [-0.2, -0.15) is 0 Å². The van der Waals surface area contributed by atoms with Crippen LogP contribution in [-0.2, 0) is 16.6 Å². The Bertz CT molecular complexity index is 760. The lowest BCUT2D eigenvalue weighted by Crippen LogP contribution is -2.23. The zero-order valence-electron chi connectivity index (χ0n) is 10.9. The van der Waals surface area contributed by atoms with Gasteiger partial charge in [-0.15, -0.1) is 11.3 Å². The van der Waals surface area contributed by atoms with Gasteiger partial charge in [0.15, 0.2) is 0 Å². The minimum atomic E-state index is -3.72. The van der Waals surface area contributed by atoms with Crippen molar-refractivity contribution in [1.82, 2.24) is 4.72 Å². The summed E-state index contributed by atoms with van der Waals surface area (Å²) in [4.78, 5) is 0.913. The summed E-state index contributed by atoms with van der Waals surface area (Å²) in [7, 11) is -2.31. The average Bonchev–Trinajstić information content (AvgIpc) is 2.85. The van der Waals surface area contributed by atoms with Gasteiger partial charge in [-0.25, -0.2) is 13.1 Å². The van der Waals surface area contributed by atoms with Crippen molar-refractivity contribution in [2.24, 2.45) is 0 Å². The van der Waals surface area contributed by atoms with E-state index < -0.39 is 10.0 Å². The molecule has 3 N–H and O–H groups in total. The first-order valence-corrected chi connectivity index (χ1v) is 9.64. The smallest absolute Gasteiger partial charge is 0.244 e. The van der Waals surface area contributed by atoms with Crippen LogP contribution in [0.4, 0.5) is 5.69 Å². The number of rotatable bonds is 5. The Labute approximate surface area is 143 Å². The number of benzene rings is 1. The summed E-state index contributed by atoms with van der Waals surface area (Å²) < 4.78 is 33.9. The number of sulfonamides is 1. The van der Waals surface area contributed by atoms with Crippen molar-refractivity contribution in [3.8, 4) is 5.75 Å². The van der Waals surface area contributed by atoms with Gasteiger partial charge in [0.25, 0.3) is 0 Å². The van der Waals surface area contributed by atoms with Gasteiger partial charge >= 0.3 is 0 Å². The van der Waals surface area contributed by atoms with Crippen LogP contribution in [0.2, 0.25) is 0 Å². The molecule has 2 aromatic rings. The van der Waals surface area contributed by atoms with E-state index in [1.165, 1.54) is 30.6 Å². The second-order valence-corrected chi connectivity index (χ2v) is 8.58. The molecule has 5 nitrogen and oxygen atoms in total. The van der Waals surface area contributed by atoms with E-state index in [0.717, 1.165) is 9.35 Å². The first-order chi connectivity index (χ1) is 9.83. The number of methoxy groups -OCH3 is 1. The molecule has 9 heteroatoms. The van der Waals surface area contributed by atoms with Crippen molar-refractivity contribution >= 4 is 58.9 Å². The Morgan fingerprint density at radius 1 is 1.33 bits per heavy atom. The van der Waals surface area contributed by atoms with Crippen molar-refractivity contribution in [3.05, 3.63) is 37.4 Å². The van der Waals surface area contributed by atoms with Crippen LogP contribution < -0.4 is 15.2 Å². The van der Waals surface area contributed by atoms with Gasteiger partial charge in [0.05, 0.1) is 7.11 Å². The van der Waals surface area contributed by atoms with E-state index in [2.05, 4.69) is 36.6 Å². The van der Waals surface area contributed by atoms with E-state index in [-0.39, 0.29) is 17.2 Å². The second-order valence-electron chi connectivity index (χ2n) is 4.08. The molecule has 1 heterocycles. The summed E-state index contributed by atoms with van der Waals surface area (Å²) in [5.74, 6) is 0.232. The molecule has 0 spiro atoms. The maximum atomic E-state index is 12.4. The Morgan fingerprint density at radius 3 is 2.62 bits per heavy atom. The lowest BCUT2D eigenvalue weighted by molar-refractivity contribution is 0.402. The molecule has 0 saturated carbocycles. The third-order valence-electron chi connectivity index (χ3n) is 2.63. The van der Waals surface area contributed by atoms with Crippen molar-refractivity contribution < 1.29 is 13.2 Å². The summed E-state index contributed by atoms with van der Waals surface area (Å²) in [5, 5.41) is 1.89. The lowest BCUT2D eigenvalue weighted by Gasteiger charge is -2.12. The molecule has 0 unspecified atom stereocenters. The highest BCUT2D eigenvalue weighted by molar-refractivity contribution is 9.10. The fourth-order valence-electron chi connectivity index (χ4n) is 1.61. The number of anilines is 1. The van der Waals surface area contributed by atoms with Gasteiger partial charge in [-0.05, 0) is 50.1 Å². The molecule has 0 aliphatic rings. The molecule has 0 bridgehead atoms. The predicted octanol–water partition coefficient (Wildman–Crippen LogP) is 3.34. The van der Waals surface area contributed by atoms with E-state index in [4.69, 9.17) is 10.5 Å². The number of nitrogen functional groups attached to an aromatic ring is 1. The zero-order chi connectivity index (χ0) is 15.6. The van der Waals surface area contributed by atoms with Crippen LogP contribution in [0, 0.1) is 0 Å². The highest BCUT2D eigenvalue weighted by Crippen LogP contribution is 2.32. The average molecular weight is 456 g/mol. The molecule has 0 fully saturated rings. The molecule has 0 aliphatic heterocycles. The molecule has 1 aromatic heterocycles. The highest BCUT2D eigenvalue weighted by Gasteiger charge is 2.21. The maximum absolute atomic E-state index is 12.4. The number of hydrogen-bond acceptors (Lipinski definition) is 5. The van der Waals surface area contributed by atoms with Crippen LogP contribution in [0.15, 0.2) is 37.4 Å². The molecule has 114 valence electrons. The molecule has 2 rings (SSSR count). The van der Waals surface area contributed by atoms with Gasteiger partial charge < -0.3 is 10.5 Å². The van der Waals surface area contributed by atoms with E-state index in [1.54, 1.807) is 0 Å². The topological polar surface area (TPSA) is 81.4 Å². The van der Waals surface area contributed by atoms with Crippen molar-refractivity contribution in [3.63, 3.8) is 0 Å². The Hall–Kier alpha value is -0.610. The van der Waals surface area contributed by atoms with Crippen molar-refractivity contribution in [1.29, 1.82) is 0 Å². The third-order valence-corrected chi connectivity index (χ3v) is 6.44. The van der Waals surface area contributed by atoms with Crippen molar-refractivity contribution in [2.75, 3.05) is 12.8 Å². The molecular weight excluding hydrogens is 444 g/mol. The summed E-state index contributed by atoms with van der Waals surface area (Å²) >= 11 is 8.04. The van der Waals surface area contributed by atoms with Crippen LogP contribution in [0.25, 0.3) is 0 Å². The van der Waals surface area contributed by atoms with Crippen LogP contribution >= 0.6 is 43.2 Å². The molecule has 21 heavy (non-hydrogen) atoms. The zero-order valence-corrected chi connectivity index (χ0v) is 15.7. The monoisotopic (exact) mass is 454 g/mol. The predicted molar refractivity (Wildman–Crippen MR) is 91.2 cm³/mol. The SMILES string of the molecule is COc1cc(Br)c(N)cc1S(=O)(=O)NCc1cc(Br)cs1. The van der Waals surface area contributed by atoms with Gasteiger partial charge in [0.1, 0.15) is 10.6 Å². The second kappa shape index (κ2) is 6.66. The number of nitrogens with one attached hydrogen (secondary N) is 1. The largest absolute Gasteiger partial charge is 0.495 e. The molecule has 0 aliphatic carbocycles. The highest BCUT2D eigenvalue weighted by atomic mass is 79.9. The minimum Gasteiger partial charge on any atom is -0.495 e. The summed E-state index contributed by atoms with van der Waals surface area (Å²) in [5.41, 5.74) is 6.08. The number of halogens is 2. The van der Waals surface area contributed by atoms with Crippen LogP contribution in [0.3, 0.4) is 0 Å². The van der Waals surface area contributed by atoms with E-state index in [0.29, 0.717) is 10.2 Å². The fourth-order valence-corrected chi connectivity index (χ4v) is 4.61. The number of nitrogens with two attached hydrogens (primary N) is 1. The number of thiophene rings is 1. The van der Waals surface area contributed by atoms with Crippen LogP contribution in [0.1, 0.15) is 4.88 Å². The first-order valence-electron chi connectivity index (χ1n) is 5.69. The van der Waals surface area contributed by atoms with Crippen molar-refractivity contribution in [2.45, 2.75) is 11.4 Å². The van der Waals surface area contributed by atoms with Gasteiger partial charge in [0, 0.05) is 31.4 Å². The number of ether oxygens (including phenoxy) is 1. The van der Waals surface area contributed by atoms with Gasteiger partial charge in [-0.1, -0.05) is 0 Å². The standard InChI is InChI=1S/C12H12Br2N2O3S2/c1-19-11-3-9(14)10(15)4-12(11)21(17,18)16-5-8-2-7(13)6-20-8/h2-4,6,16H,5,15H2,1H3. The Kier molecular flexibility index (Phi) is 5.31. The van der Waals surface area contributed by atoms with Gasteiger partial charge in [-0.3, -0.25) is 0 Å². The molecule has 0 radical (unpaired) electrons. The molecule has 1 aromatic carbocycles. The normalized spacial score (nSPS) is 11.6. The minimum absolute atomic E-state index is 0.0151. The van der Waals surface area contributed by atoms with Crippen LogP contribution in [-0.4, -0.2) is 15.5 Å². The molecule has 0 saturated heterocycles. The lowest BCUT2D eigenvalue weighted by atomic mass is 10.3. The molecular formula is C12H12Br2N2O3S2. The fraction of sp³-hybridized carbons (Fsp3) is 0.167. The first kappa shape index (κ1) is 16.8. The summed E-state index contributed by atoms with van der Waals surface area (Å²) in [6.07, 6.45) is 0. The quantitative estimate of drug-likeness (QED) is 0.677. The van der Waals surface area contributed by atoms with Crippen LogP contribution in [0.5, 0.6) is 5.75 Å².